The molecular formula is C23H52O4Si2Sn2. The molecule has 0 saturated carbocycles. The van der Waals surface area contributed by atoms with E-state index in [1.165, 1.54) is 75.1 Å². The van der Waals surface area contributed by atoms with Gasteiger partial charge in [-0.1, -0.05) is 0 Å². The quantitative estimate of drug-likeness (QED) is 0.208. The Balaban J connectivity index is 2.10. The number of rotatable bonds is 14. The Morgan fingerprint density at radius 2 is 1.39 bits per heavy atom. The van der Waals surface area contributed by atoms with Crippen molar-refractivity contribution in [3.05, 3.63) is 0 Å². The Labute approximate surface area is 214 Å². The Hall–Kier alpha value is 1.87. The van der Waals surface area contributed by atoms with Crippen molar-refractivity contribution in [1.29, 1.82) is 0 Å². The minimum atomic E-state index is -2.43. The number of ether oxygens (including phenoxy) is 2. The molecule has 31 heavy (non-hydrogen) atoms. The topological polar surface area (TPSA) is 36.9 Å². The van der Waals surface area contributed by atoms with Crippen LogP contribution in [0.25, 0.3) is 0 Å². The molecule has 2 fully saturated rings. The van der Waals surface area contributed by atoms with Gasteiger partial charge in [-0.3, -0.25) is 0 Å². The molecule has 8 heteroatoms. The normalized spacial score (nSPS) is 29.8. The Morgan fingerprint density at radius 1 is 0.839 bits per heavy atom. The first-order valence-corrected chi connectivity index (χ1v) is 25.2. The number of hydrogen-bond acceptors (Lipinski definition) is 4. The van der Waals surface area contributed by atoms with Gasteiger partial charge in [0.15, 0.2) is 0 Å². The standard InChI is InChI=1S/2C5H11OSi.C5H10.2C4H9O.2Sn.2H/c2*7-5-3-1-2-4-6-5;1-4-5(2)3;2*1-2-3-4-5;;;;/h2*1-4H2,7H3;1,4H2,2-3H3;2*2-4H2,1H3;;;;/q;;;2*-1;2*+1;;. The second kappa shape index (κ2) is 14.4. The molecule has 0 spiro atoms. The Morgan fingerprint density at radius 3 is 1.90 bits per heavy atom. The summed E-state index contributed by atoms with van der Waals surface area (Å²) in [4.78, 5) is 0. The molecule has 0 aromatic heterocycles. The van der Waals surface area contributed by atoms with E-state index in [9.17, 15) is 0 Å². The molecule has 4 nitrogen and oxygen atoms in total. The molecule has 0 bridgehead atoms. The van der Waals surface area contributed by atoms with Crippen LogP contribution in [-0.2, 0) is 15.6 Å². The molecule has 0 aromatic carbocycles. The van der Waals surface area contributed by atoms with E-state index in [1.807, 2.05) is 0 Å². The van der Waals surface area contributed by atoms with Gasteiger partial charge in [0.2, 0.25) is 0 Å². The van der Waals surface area contributed by atoms with E-state index in [0.29, 0.717) is 3.43 Å². The predicted octanol–water partition coefficient (Wildman–Crippen LogP) is 2.84. The van der Waals surface area contributed by atoms with Crippen LogP contribution >= 0.6 is 0 Å². The van der Waals surface area contributed by atoms with Crippen LogP contribution in [0.5, 0.6) is 0 Å². The molecule has 4 unspecified atom stereocenters. The van der Waals surface area contributed by atoms with Gasteiger partial charge >= 0.3 is 216 Å². The third kappa shape index (κ3) is 9.11. The first kappa shape index (κ1) is 29.1. The van der Waals surface area contributed by atoms with Gasteiger partial charge in [0, 0.05) is 0 Å². The van der Waals surface area contributed by atoms with Crippen LogP contribution in [0.15, 0.2) is 0 Å². The fraction of sp³-hybridized carbons (Fsp3) is 1.00. The molecule has 0 aromatic rings. The molecule has 0 radical (unpaired) electrons. The van der Waals surface area contributed by atoms with Gasteiger partial charge in [0.1, 0.15) is 0 Å². The van der Waals surface area contributed by atoms with Crippen molar-refractivity contribution < 1.29 is 15.6 Å². The van der Waals surface area contributed by atoms with Gasteiger partial charge in [-0.05, 0) is 0 Å². The summed E-state index contributed by atoms with van der Waals surface area (Å²) in [5.41, 5.74) is 0. The van der Waals surface area contributed by atoms with Gasteiger partial charge in [0.05, 0.1) is 0 Å². The minimum absolute atomic E-state index is 0.186. The Bertz CT molecular complexity index is 498. The first-order chi connectivity index (χ1) is 14.8. The first-order valence-electron chi connectivity index (χ1n) is 13.3. The van der Waals surface area contributed by atoms with E-state index in [0.717, 1.165) is 46.9 Å². The predicted molar refractivity (Wildman–Crippen MR) is 144 cm³/mol. The van der Waals surface area contributed by atoms with Crippen molar-refractivity contribution in [2.24, 2.45) is 0 Å². The molecule has 184 valence electrons. The second-order valence-corrected chi connectivity index (χ2v) is 41.0. The third-order valence-corrected chi connectivity index (χ3v) is 37.3. The van der Waals surface area contributed by atoms with Crippen LogP contribution in [0.1, 0.15) is 98.3 Å². The van der Waals surface area contributed by atoms with Crippen LogP contribution in [0.4, 0.5) is 0 Å². The molecule has 2 heterocycles. The summed E-state index contributed by atoms with van der Waals surface area (Å²) in [7, 11) is 2.28. The van der Waals surface area contributed by atoms with Gasteiger partial charge in [-0.25, -0.2) is 0 Å². The summed E-state index contributed by atoms with van der Waals surface area (Å²) < 4.78 is 28.7. The summed E-state index contributed by atoms with van der Waals surface area (Å²) in [6, 6.07) is 0. The Kier molecular flexibility index (Phi) is 13.6. The van der Waals surface area contributed by atoms with Crippen molar-refractivity contribution >= 4 is 60.8 Å². The molecule has 0 N–H and O–H groups in total. The van der Waals surface area contributed by atoms with Gasteiger partial charge < -0.3 is 0 Å². The molecule has 4 atom stereocenters. The zero-order chi connectivity index (χ0) is 22.8. The van der Waals surface area contributed by atoms with E-state index in [-0.39, 0.29) is 6.48 Å². The second-order valence-electron chi connectivity index (χ2n) is 11.1. The zero-order valence-electron chi connectivity index (χ0n) is 21.6. The van der Waals surface area contributed by atoms with Crippen LogP contribution in [0, 0.1) is 0 Å². The monoisotopic (exact) mass is 688 g/mol. The van der Waals surface area contributed by atoms with Crippen molar-refractivity contribution in [2.75, 3.05) is 26.4 Å². The fourth-order valence-corrected chi connectivity index (χ4v) is 40.0. The summed E-state index contributed by atoms with van der Waals surface area (Å²) in [5, 5.41) is 0. The van der Waals surface area contributed by atoms with E-state index >= 15 is 0 Å². The van der Waals surface area contributed by atoms with E-state index in [4.69, 9.17) is 15.6 Å². The van der Waals surface area contributed by atoms with Gasteiger partial charge in [-0.2, -0.15) is 0 Å². The van der Waals surface area contributed by atoms with Crippen molar-refractivity contribution in [2.45, 2.75) is 113 Å². The van der Waals surface area contributed by atoms with Gasteiger partial charge in [-0.15, -0.1) is 0 Å². The zero-order valence-corrected chi connectivity index (χ0v) is 32.2. The average molecular weight is 686 g/mol. The molecule has 2 aliphatic rings. The SMILES string of the molecule is CCCC[O][SnH]([CH2]C[C](C)(C)[SnH]([O]CCCC)[C]1([SiH3])CCCCO1)[C]1([SiH3])CCCCO1. The molecule has 0 aliphatic carbocycles. The van der Waals surface area contributed by atoms with Crippen LogP contribution in [0.3, 0.4) is 0 Å². The maximum absolute atomic E-state index is 6.87. The van der Waals surface area contributed by atoms with Crippen molar-refractivity contribution in [1.82, 2.24) is 0 Å². The average Bonchev–Trinajstić information content (AvgIpc) is 2.74. The van der Waals surface area contributed by atoms with E-state index in [1.54, 1.807) is 0 Å². The summed E-state index contributed by atoms with van der Waals surface area (Å²) in [6.07, 6.45) is 13.8. The van der Waals surface area contributed by atoms with Gasteiger partial charge in [0.25, 0.3) is 0 Å². The van der Waals surface area contributed by atoms with E-state index in [2.05, 4.69) is 27.7 Å². The fourth-order valence-electron chi connectivity index (χ4n) is 5.51. The third-order valence-electron chi connectivity index (χ3n) is 7.59. The molecule has 0 amide bonds. The number of hydrogen-bond donors (Lipinski definition) is 0. The van der Waals surface area contributed by atoms with Crippen molar-refractivity contribution in [3.63, 3.8) is 0 Å². The summed E-state index contributed by atoms with van der Waals surface area (Å²) in [5.74, 6) is 0. The maximum atomic E-state index is 6.87. The van der Waals surface area contributed by atoms with E-state index < -0.39 is 40.3 Å². The number of unbranched alkanes of at least 4 members (excludes halogenated alkanes) is 2. The van der Waals surface area contributed by atoms with Crippen LogP contribution < -0.4 is 0 Å². The molecule has 2 aliphatic heterocycles. The van der Waals surface area contributed by atoms with Crippen LogP contribution in [-0.4, -0.2) is 93.7 Å². The molecule has 2 saturated heterocycles. The molecule has 2 rings (SSSR count). The molecular weight excluding hydrogens is 634 g/mol. The van der Waals surface area contributed by atoms with Crippen LogP contribution in [0.2, 0.25) is 7.87 Å². The van der Waals surface area contributed by atoms with Crippen molar-refractivity contribution in [3.8, 4) is 0 Å². The summed E-state index contributed by atoms with van der Waals surface area (Å²) >= 11 is -4.70. The summed E-state index contributed by atoms with van der Waals surface area (Å²) in [6.45, 7) is 13.5.